The van der Waals surface area contributed by atoms with Crippen molar-refractivity contribution in [3.63, 3.8) is 0 Å². The quantitative estimate of drug-likeness (QED) is 0.332. The van der Waals surface area contributed by atoms with Gasteiger partial charge in [-0.05, 0) is 12.5 Å². The Morgan fingerprint density at radius 1 is 0.714 bits per heavy atom. The number of unbranched alkanes of at least 4 members (excludes halogenated alkanes) is 13. The van der Waals surface area contributed by atoms with Crippen LogP contribution in [0.25, 0.3) is 0 Å². The zero-order valence-electron chi connectivity index (χ0n) is 14.3. The molecular weight excluding hydrogens is 258 g/mol. The SMILES string of the molecule is CCCCCCCCCCCCCCCCN1C=CCO1. The van der Waals surface area contributed by atoms with E-state index in [1.165, 1.54) is 89.9 Å². The van der Waals surface area contributed by atoms with Crippen LogP contribution in [0.3, 0.4) is 0 Å². The fraction of sp³-hybridized carbons (Fsp3) is 0.895. The molecule has 0 aliphatic carbocycles. The van der Waals surface area contributed by atoms with Gasteiger partial charge in [0.1, 0.15) is 0 Å². The lowest BCUT2D eigenvalue weighted by molar-refractivity contribution is -0.0902. The van der Waals surface area contributed by atoms with Crippen LogP contribution in [0.15, 0.2) is 12.3 Å². The van der Waals surface area contributed by atoms with Gasteiger partial charge in [-0.3, -0.25) is 9.90 Å². The Morgan fingerprint density at radius 3 is 1.62 bits per heavy atom. The molecule has 1 heterocycles. The molecule has 0 aromatic carbocycles. The Balaban J connectivity index is 1.66. The molecule has 0 bridgehead atoms. The van der Waals surface area contributed by atoms with Crippen LogP contribution in [0.4, 0.5) is 0 Å². The van der Waals surface area contributed by atoms with Crippen molar-refractivity contribution in [1.29, 1.82) is 0 Å². The Morgan fingerprint density at radius 2 is 1.19 bits per heavy atom. The smallest absolute Gasteiger partial charge is 0.0947 e. The predicted molar refractivity (Wildman–Crippen MR) is 92.1 cm³/mol. The largest absolute Gasteiger partial charge is 0.270 e. The first-order chi connectivity index (χ1) is 10.4. The van der Waals surface area contributed by atoms with E-state index in [4.69, 9.17) is 4.84 Å². The zero-order chi connectivity index (χ0) is 15.0. The molecule has 1 aliphatic rings. The highest BCUT2D eigenvalue weighted by Gasteiger charge is 2.03. The first-order valence-electron chi connectivity index (χ1n) is 9.49. The van der Waals surface area contributed by atoms with Gasteiger partial charge in [-0.15, -0.1) is 0 Å². The van der Waals surface area contributed by atoms with Gasteiger partial charge < -0.3 is 0 Å². The maximum atomic E-state index is 5.39. The summed E-state index contributed by atoms with van der Waals surface area (Å²) in [4.78, 5) is 5.39. The minimum atomic E-state index is 0.763. The number of hydroxylamine groups is 2. The summed E-state index contributed by atoms with van der Waals surface area (Å²) in [6, 6.07) is 0. The van der Waals surface area contributed by atoms with E-state index < -0.39 is 0 Å². The average molecular weight is 296 g/mol. The molecule has 0 saturated carbocycles. The van der Waals surface area contributed by atoms with E-state index in [0.717, 1.165) is 13.2 Å². The Bertz CT molecular complexity index is 240. The lowest BCUT2D eigenvalue weighted by Crippen LogP contribution is -2.14. The molecule has 0 atom stereocenters. The lowest BCUT2D eigenvalue weighted by Gasteiger charge is -2.13. The summed E-state index contributed by atoms with van der Waals surface area (Å²) in [6.45, 7) is 4.12. The monoisotopic (exact) mass is 295 g/mol. The van der Waals surface area contributed by atoms with E-state index in [9.17, 15) is 0 Å². The second-order valence-corrected chi connectivity index (χ2v) is 6.42. The molecule has 0 aromatic rings. The number of hydrogen-bond donors (Lipinski definition) is 0. The van der Waals surface area contributed by atoms with Gasteiger partial charge in [0.15, 0.2) is 0 Å². The highest BCUT2D eigenvalue weighted by atomic mass is 16.7. The second-order valence-electron chi connectivity index (χ2n) is 6.42. The molecule has 0 radical (unpaired) electrons. The topological polar surface area (TPSA) is 12.5 Å². The Hall–Kier alpha value is -0.500. The highest BCUT2D eigenvalue weighted by molar-refractivity contribution is 4.83. The highest BCUT2D eigenvalue weighted by Crippen LogP contribution is 2.13. The summed E-state index contributed by atoms with van der Waals surface area (Å²) in [7, 11) is 0. The summed E-state index contributed by atoms with van der Waals surface area (Å²) in [5, 5.41) is 1.97. The van der Waals surface area contributed by atoms with Gasteiger partial charge in [0, 0.05) is 12.7 Å². The van der Waals surface area contributed by atoms with Crippen molar-refractivity contribution in [2.45, 2.75) is 96.8 Å². The van der Waals surface area contributed by atoms with E-state index in [1.54, 1.807) is 0 Å². The maximum Gasteiger partial charge on any atom is 0.0947 e. The third kappa shape index (κ3) is 11.8. The van der Waals surface area contributed by atoms with Crippen LogP contribution >= 0.6 is 0 Å². The zero-order valence-corrected chi connectivity index (χ0v) is 14.3. The molecule has 0 fully saturated rings. The molecule has 0 aromatic heterocycles. The summed E-state index contributed by atoms with van der Waals surface area (Å²) in [6.07, 6.45) is 24.0. The molecular formula is C19H37NO. The fourth-order valence-electron chi connectivity index (χ4n) is 2.94. The van der Waals surface area contributed by atoms with Crippen molar-refractivity contribution in [3.8, 4) is 0 Å². The van der Waals surface area contributed by atoms with Crippen LogP contribution in [0.5, 0.6) is 0 Å². The van der Waals surface area contributed by atoms with E-state index in [2.05, 4.69) is 19.2 Å². The number of rotatable bonds is 15. The Labute approximate surface area is 132 Å². The van der Waals surface area contributed by atoms with E-state index in [0.29, 0.717) is 0 Å². The van der Waals surface area contributed by atoms with Gasteiger partial charge in [-0.1, -0.05) is 90.4 Å². The molecule has 21 heavy (non-hydrogen) atoms. The Kier molecular flexibility index (Phi) is 12.8. The van der Waals surface area contributed by atoms with E-state index >= 15 is 0 Å². The first-order valence-corrected chi connectivity index (χ1v) is 9.49. The van der Waals surface area contributed by atoms with Crippen LogP contribution in [-0.4, -0.2) is 18.2 Å². The molecule has 2 heteroatoms. The van der Waals surface area contributed by atoms with Crippen molar-refractivity contribution < 1.29 is 4.84 Å². The molecule has 0 spiro atoms. The van der Waals surface area contributed by atoms with Crippen molar-refractivity contribution >= 4 is 0 Å². The molecule has 2 nitrogen and oxygen atoms in total. The predicted octanol–water partition coefficient (Wildman–Crippen LogP) is 6.23. The molecule has 0 unspecified atom stereocenters. The summed E-state index contributed by atoms with van der Waals surface area (Å²) in [5.74, 6) is 0. The van der Waals surface area contributed by atoms with Gasteiger partial charge >= 0.3 is 0 Å². The van der Waals surface area contributed by atoms with Gasteiger partial charge in [0.25, 0.3) is 0 Å². The molecule has 1 aliphatic heterocycles. The van der Waals surface area contributed by atoms with Gasteiger partial charge in [0.05, 0.1) is 6.61 Å². The van der Waals surface area contributed by atoms with Crippen LogP contribution in [0.1, 0.15) is 96.8 Å². The molecule has 0 amide bonds. The van der Waals surface area contributed by atoms with Crippen molar-refractivity contribution in [2.24, 2.45) is 0 Å². The maximum absolute atomic E-state index is 5.39. The normalized spacial score (nSPS) is 14.2. The minimum absolute atomic E-state index is 0.763. The van der Waals surface area contributed by atoms with Crippen LogP contribution in [0.2, 0.25) is 0 Å². The third-order valence-corrected chi connectivity index (χ3v) is 4.34. The van der Waals surface area contributed by atoms with Crippen LogP contribution in [0, 0.1) is 0 Å². The minimum Gasteiger partial charge on any atom is -0.270 e. The standard InChI is InChI=1S/C19H37NO/c1-2-3-4-5-6-7-8-9-10-11-12-13-14-15-17-20-18-16-19-21-20/h16,18H,2-15,17,19H2,1H3. The van der Waals surface area contributed by atoms with Crippen LogP contribution < -0.4 is 0 Å². The molecule has 0 saturated heterocycles. The van der Waals surface area contributed by atoms with Gasteiger partial charge in [-0.2, -0.15) is 0 Å². The van der Waals surface area contributed by atoms with Crippen LogP contribution in [-0.2, 0) is 4.84 Å². The van der Waals surface area contributed by atoms with Crippen molar-refractivity contribution in [3.05, 3.63) is 12.3 Å². The molecule has 1 rings (SSSR count). The first kappa shape index (κ1) is 18.5. The average Bonchev–Trinajstić information content (AvgIpc) is 3.01. The third-order valence-electron chi connectivity index (χ3n) is 4.34. The summed E-state index contributed by atoms with van der Waals surface area (Å²) < 4.78 is 0. The lowest BCUT2D eigenvalue weighted by atomic mass is 10.0. The number of nitrogens with zero attached hydrogens (tertiary/aromatic N) is 1. The summed E-state index contributed by atoms with van der Waals surface area (Å²) >= 11 is 0. The van der Waals surface area contributed by atoms with Gasteiger partial charge in [0.2, 0.25) is 0 Å². The van der Waals surface area contributed by atoms with Crippen molar-refractivity contribution in [2.75, 3.05) is 13.2 Å². The van der Waals surface area contributed by atoms with Gasteiger partial charge in [-0.25, -0.2) is 0 Å². The fourth-order valence-corrected chi connectivity index (χ4v) is 2.94. The van der Waals surface area contributed by atoms with E-state index in [-0.39, 0.29) is 0 Å². The molecule has 124 valence electrons. The second kappa shape index (κ2) is 14.4. The molecule has 0 N–H and O–H groups in total. The summed E-state index contributed by atoms with van der Waals surface area (Å²) in [5.41, 5.74) is 0. The van der Waals surface area contributed by atoms with Crippen molar-refractivity contribution in [1.82, 2.24) is 5.06 Å². The van der Waals surface area contributed by atoms with E-state index in [1.807, 2.05) is 5.06 Å². The number of hydrogen-bond acceptors (Lipinski definition) is 2.